The van der Waals surface area contributed by atoms with Gasteiger partial charge in [-0.05, 0) is 0 Å². The lowest BCUT2D eigenvalue weighted by atomic mass is 10.3. The van der Waals surface area contributed by atoms with Gasteiger partial charge in [-0.25, -0.2) is 0 Å². The molecule has 1 aliphatic rings. The molecule has 0 aromatic carbocycles. The van der Waals surface area contributed by atoms with Gasteiger partial charge in [-0.1, -0.05) is 0 Å². The monoisotopic (exact) mass is 228 g/mol. The number of amides is 1. The first-order valence-electron chi connectivity index (χ1n) is 4.62. The van der Waals surface area contributed by atoms with Crippen molar-refractivity contribution in [1.82, 2.24) is 15.1 Å². The molecule has 15 heavy (non-hydrogen) atoms. The lowest BCUT2D eigenvalue weighted by Gasteiger charge is -2.25. The maximum absolute atomic E-state index is 11.8. The van der Waals surface area contributed by atoms with Crippen LogP contribution in [0.4, 0.5) is 5.82 Å². The van der Waals surface area contributed by atoms with Gasteiger partial charge in [0.25, 0.3) is 5.91 Å². The van der Waals surface area contributed by atoms with Crippen molar-refractivity contribution >= 4 is 22.5 Å². The average molecular weight is 228 g/mol. The van der Waals surface area contributed by atoms with E-state index in [1.165, 1.54) is 6.07 Å². The van der Waals surface area contributed by atoms with E-state index in [-0.39, 0.29) is 5.91 Å². The third kappa shape index (κ3) is 2.17. The summed E-state index contributed by atoms with van der Waals surface area (Å²) in [6.45, 7) is 1.06. The van der Waals surface area contributed by atoms with Gasteiger partial charge < -0.3 is 10.6 Å². The number of aromatic amines is 1. The normalized spacial score (nSPS) is 18.0. The highest BCUT2D eigenvalue weighted by atomic mass is 32.2. The van der Waals surface area contributed by atoms with E-state index in [1.54, 1.807) is 4.90 Å². The number of rotatable bonds is 1. The molecule has 1 amide bonds. The van der Waals surface area contributed by atoms with Crippen molar-refractivity contribution < 1.29 is 9.00 Å². The zero-order chi connectivity index (χ0) is 10.8. The SMILES string of the molecule is Nc1cc(C(=O)N2CCS(=O)CC2)[nH]n1. The second kappa shape index (κ2) is 4.01. The quantitative estimate of drug-likeness (QED) is 0.658. The van der Waals surface area contributed by atoms with E-state index in [9.17, 15) is 9.00 Å². The van der Waals surface area contributed by atoms with Crippen LogP contribution >= 0.6 is 0 Å². The van der Waals surface area contributed by atoms with Crippen LogP contribution in [0.3, 0.4) is 0 Å². The zero-order valence-electron chi connectivity index (χ0n) is 8.10. The summed E-state index contributed by atoms with van der Waals surface area (Å²) in [7, 11) is -0.773. The highest BCUT2D eigenvalue weighted by molar-refractivity contribution is 7.85. The van der Waals surface area contributed by atoms with Gasteiger partial charge in [0, 0.05) is 41.5 Å². The van der Waals surface area contributed by atoms with E-state index in [0.717, 1.165) is 0 Å². The van der Waals surface area contributed by atoms with Crippen LogP contribution in [0, 0.1) is 0 Å². The molecule has 82 valence electrons. The van der Waals surface area contributed by atoms with Crippen LogP contribution in [0.1, 0.15) is 10.5 Å². The molecule has 0 aliphatic carbocycles. The smallest absolute Gasteiger partial charge is 0.271 e. The predicted octanol–water partition coefficient (Wildman–Crippen LogP) is -0.804. The molecule has 1 fully saturated rings. The van der Waals surface area contributed by atoms with E-state index in [1.807, 2.05) is 0 Å². The Bertz CT molecular complexity index is 393. The number of nitrogens with two attached hydrogens (primary N) is 1. The minimum absolute atomic E-state index is 0.129. The van der Waals surface area contributed by atoms with Gasteiger partial charge in [0.2, 0.25) is 0 Å². The van der Waals surface area contributed by atoms with Crippen molar-refractivity contribution in [2.24, 2.45) is 0 Å². The molecule has 0 atom stereocenters. The summed E-state index contributed by atoms with van der Waals surface area (Å²) in [5, 5.41) is 6.26. The number of nitrogens with one attached hydrogen (secondary N) is 1. The zero-order valence-corrected chi connectivity index (χ0v) is 8.92. The predicted molar refractivity (Wildman–Crippen MR) is 56.8 cm³/mol. The van der Waals surface area contributed by atoms with Crippen LogP contribution in [-0.2, 0) is 10.8 Å². The number of carbonyl (C=O) groups is 1. The van der Waals surface area contributed by atoms with Gasteiger partial charge in [0.15, 0.2) is 0 Å². The summed E-state index contributed by atoms with van der Waals surface area (Å²) >= 11 is 0. The third-order valence-corrected chi connectivity index (χ3v) is 3.57. The van der Waals surface area contributed by atoms with Gasteiger partial charge in [-0.15, -0.1) is 0 Å². The summed E-state index contributed by atoms with van der Waals surface area (Å²) in [5.41, 5.74) is 5.80. The molecule has 0 saturated carbocycles. The maximum Gasteiger partial charge on any atom is 0.271 e. The minimum Gasteiger partial charge on any atom is -0.382 e. The largest absolute Gasteiger partial charge is 0.382 e. The summed E-state index contributed by atoms with van der Waals surface area (Å²) in [4.78, 5) is 13.5. The minimum atomic E-state index is -0.773. The van der Waals surface area contributed by atoms with Crippen LogP contribution in [-0.4, -0.2) is 49.8 Å². The molecule has 0 bridgehead atoms. The number of hydrogen-bond acceptors (Lipinski definition) is 4. The number of carbonyl (C=O) groups excluding carboxylic acids is 1. The second-order valence-corrected chi connectivity index (χ2v) is 5.04. The van der Waals surface area contributed by atoms with Crippen molar-refractivity contribution in [2.45, 2.75) is 0 Å². The number of H-pyrrole nitrogens is 1. The van der Waals surface area contributed by atoms with Crippen molar-refractivity contribution in [1.29, 1.82) is 0 Å². The Morgan fingerprint density at radius 2 is 2.20 bits per heavy atom. The van der Waals surface area contributed by atoms with Crippen LogP contribution < -0.4 is 5.73 Å². The fourth-order valence-electron chi connectivity index (χ4n) is 1.46. The summed E-state index contributed by atoms with van der Waals surface area (Å²) < 4.78 is 11.1. The molecule has 2 heterocycles. The molecule has 7 heteroatoms. The lowest BCUT2D eigenvalue weighted by molar-refractivity contribution is 0.0765. The second-order valence-electron chi connectivity index (χ2n) is 3.35. The lowest BCUT2D eigenvalue weighted by Crippen LogP contribution is -2.41. The molecule has 1 aromatic heterocycles. The van der Waals surface area contributed by atoms with Crippen LogP contribution in [0.5, 0.6) is 0 Å². The first-order chi connectivity index (χ1) is 7.16. The molecular formula is C8H12N4O2S. The number of anilines is 1. The molecular weight excluding hydrogens is 216 g/mol. The molecule has 3 N–H and O–H groups in total. The average Bonchev–Trinajstić information content (AvgIpc) is 2.65. The Kier molecular flexibility index (Phi) is 2.72. The van der Waals surface area contributed by atoms with Gasteiger partial charge in [0.1, 0.15) is 11.5 Å². The molecule has 2 rings (SSSR count). The molecule has 0 unspecified atom stereocenters. The fraction of sp³-hybridized carbons (Fsp3) is 0.500. The number of nitrogen functional groups attached to an aromatic ring is 1. The Morgan fingerprint density at radius 3 is 2.73 bits per heavy atom. The first kappa shape index (κ1) is 10.2. The van der Waals surface area contributed by atoms with Crippen LogP contribution in [0.2, 0.25) is 0 Å². The Labute approximate surface area is 89.3 Å². The van der Waals surface area contributed by atoms with E-state index < -0.39 is 10.8 Å². The van der Waals surface area contributed by atoms with E-state index in [2.05, 4.69) is 10.2 Å². The van der Waals surface area contributed by atoms with Crippen molar-refractivity contribution in [3.8, 4) is 0 Å². The van der Waals surface area contributed by atoms with Gasteiger partial charge >= 0.3 is 0 Å². The van der Waals surface area contributed by atoms with Gasteiger partial charge in [-0.2, -0.15) is 5.10 Å². The highest BCUT2D eigenvalue weighted by Gasteiger charge is 2.22. The number of nitrogens with zero attached hydrogens (tertiary/aromatic N) is 2. The highest BCUT2D eigenvalue weighted by Crippen LogP contribution is 2.08. The molecule has 1 aromatic rings. The fourth-order valence-corrected chi connectivity index (χ4v) is 2.51. The molecule has 0 spiro atoms. The van der Waals surface area contributed by atoms with Crippen molar-refractivity contribution in [2.75, 3.05) is 30.3 Å². The van der Waals surface area contributed by atoms with Crippen molar-refractivity contribution in [3.63, 3.8) is 0 Å². The standard InChI is InChI=1S/C8H12N4O2S/c9-7-5-6(10-11-7)8(13)12-1-3-15(14)4-2-12/h5H,1-4H2,(H3,9,10,11). The molecule has 0 radical (unpaired) electrons. The van der Waals surface area contributed by atoms with E-state index in [0.29, 0.717) is 36.1 Å². The van der Waals surface area contributed by atoms with Crippen LogP contribution in [0.15, 0.2) is 6.07 Å². The van der Waals surface area contributed by atoms with Gasteiger partial charge in [0.05, 0.1) is 0 Å². The summed E-state index contributed by atoms with van der Waals surface area (Å²) in [6.07, 6.45) is 0. The molecule has 6 nitrogen and oxygen atoms in total. The van der Waals surface area contributed by atoms with Crippen molar-refractivity contribution in [3.05, 3.63) is 11.8 Å². The van der Waals surface area contributed by atoms with Gasteiger partial charge in [-0.3, -0.25) is 14.1 Å². The molecule has 1 aliphatic heterocycles. The number of hydrogen-bond donors (Lipinski definition) is 2. The Balaban J connectivity index is 2.05. The summed E-state index contributed by atoms with van der Waals surface area (Å²) in [5.74, 6) is 1.28. The summed E-state index contributed by atoms with van der Waals surface area (Å²) in [6, 6.07) is 1.51. The number of aromatic nitrogens is 2. The third-order valence-electron chi connectivity index (χ3n) is 2.29. The van der Waals surface area contributed by atoms with E-state index in [4.69, 9.17) is 5.73 Å². The van der Waals surface area contributed by atoms with Crippen LogP contribution in [0.25, 0.3) is 0 Å². The maximum atomic E-state index is 11.8. The van der Waals surface area contributed by atoms with E-state index >= 15 is 0 Å². The molecule has 1 saturated heterocycles. The Hall–Kier alpha value is -1.37. The topological polar surface area (TPSA) is 92.1 Å². The Morgan fingerprint density at radius 1 is 1.53 bits per heavy atom. The first-order valence-corrected chi connectivity index (χ1v) is 6.11.